The molecule has 0 aliphatic heterocycles. The van der Waals surface area contributed by atoms with Crippen molar-refractivity contribution in [3.63, 3.8) is 0 Å². The lowest BCUT2D eigenvalue weighted by Gasteiger charge is -2.04. The number of aryl methyl sites for hydroxylation is 1. The van der Waals surface area contributed by atoms with E-state index in [4.69, 9.17) is 4.74 Å². The Morgan fingerprint density at radius 3 is 2.70 bits per heavy atom. The minimum absolute atomic E-state index is 0.197. The van der Waals surface area contributed by atoms with E-state index in [0.29, 0.717) is 5.69 Å². The number of rotatable bonds is 10. The fourth-order valence-electron chi connectivity index (χ4n) is 2.01. The average molecular weight is 279 g/mol. The Morgan fingerprint density at radius 2 is 2.00 bits per heavy atom. The third-order valence-electron chi connectivity index (χ3n) is 3.23. The smallest absolute Gasteiger partial charge is 0.361 e. The molecule has 20 heavy (non-hydrogen) atoms. The summed E-state index contributed by atoms with van der Waals surface area (Å²) in [6.45, 7) is 8.57. The van der Waals surface area contributed by atoms with Gasteiger partial charge in [-0.2, -0.15) is 0 Å². The van der Waals surface area contributed by atoms with Crippen molar-refractivity contribution < 1.29 is 9.53 Å². The average Bonchev–Trinajstić information content (AvgIpc) is 2.81. The highest BCUT2D eigenvalue weighted by Crippen LogP contribution is 2.09. The van der Waals surface area contributed by atoms with Crippen LogP contribution in [0, 0.1) is 6.92 Å². The van der Waals surface area contributed by atoms with E-state index in [0.717, 1.165) is 18.7 Å². The van der Waals surface area contributed by atoms with Crippen LogP contribution >= 0.6 is 0 Å². The van der Waals surface area contributed by atoms with Gasteiger partial charge in [0.25, 0.3) is 0 Å². The molecule has 0 N–H and O–H groups in total. The van der Waals surface area contributed by atoms with Gasteiger partial charge in [0.1, 0.15) is 6.61 Å². The van der Waals surface area contributed by atoms with Gasteiger partial charge in [0.15, 0.2) is 5.69 Å². The van der Waals surface area contributed by atoms with Crippen LogP contribution in [0.5, 0.6) is 0 Å². The molecule has 5 nitrogen and oxygen atoms in total. The van der Waals surface area contributed by atoms with Gasteiger partial charge >= 0.3 is 5.97 Å². The van der Waals surface area contributed by atoms with Gasteiger partial charge in [-0.1, -0.05) is 56.9 Å². The van der Waals surface area contributed by atoms with Crippen LogP contribution in [0.15, 0.2) is 12.7 Å². The summed E-state index contributed by atoms with van der Waals surface area (Å²) in [6.07, 6.45) is 8.92. The lowest BCUT2D eigenvalue weighted by atomic mass is 10.1. The zero-order valence-corrected chi connectivity index (χ0v) is 12.6. The first-order chi connectivity index (χ1) is 9.70. The van der Waals surface area contributed by atoms with Crippen molar-refractivity contribution in [3.05, 3.63) is 24.0 Å². The van der Waals surface area contributed by atoms with E-state index >= 15 is 0 Å². The van der Waals surface area contributed by atoms with E-state index in [9.17, 15) is 4.79 Å². The Hall–Kier alpha value is -1.65. The molecule has 0 aliphatic carbocycles. The van der Waals surface area contributed by atoms with Crippen molar-refractivity contribution in [2.75, 3.05) is 6.61 Å². The second-order valence-corrected chi connectivity index (χ2v) is 4.90. The molecule has 0 aliphatic rings. The fourth-order valence-corrected chi connectivity index (χ4v) is 2.01. The molecule has 0 atom stereocenters. The Bertz CT molecular complexity index is 427. The van der Waals surface area contributed by atoms with Crippen LogP contribution in [0.1, 0.15) is 61.6 Å². The first-order valence-electron chi connectivity index (χ1n) is 7.38. The molecule has 0 amide bonds. The van der Waals surface area contributed by atoms with E-state index in [1.54, 1.807) is 4.68 Å². The summed E-state index contributed by atoms with van der Waals surface area (Å²) in [5.74, 6) is -0.434. The van der Waals surface area contributed by atoms with Crippen molar-refractivity contribution in [1.82, 2.24) is 15.0 Å². The highest BCUT2D eigenvalue weighted by Gasteiger charge is 2.17. The van der Waals surface area contributed by atoms with Crippen molar-refractivity contribution in [3.8, 4) is 0 Å². The van der Waals surface area contributed by atoms with E-state index in [2.05, 4.69) is 23.8 Å². The first-order valence-corrected chi connectivity index (χ1v) is 7.38. The van der Waals surface area contributed by atoms with Crippen molar-refractivity contribution in [2.24, 2.45) is 0 Å². The molecule has 0 spiro atoms. The summed E-state index contributed by atoms with van der Waals surface area (Å²) in [5, 5.41) is 7.92. The predicted molar refractivity (Wildman–Crippen MR) is 78.6 cm³/mol. The third kappa shape index (κ3) is 5.15. The largest absolute Gasteiger partial charge is 0.457 e. The van der Waals surface area contributed by atoms with E-state index in [-0.39, 0.29) is 6.61 Å². The highest BCUT2D eigenvalue weighted by molar-refractivity contribution is 5.88. The Kier molecular flexibility index (Phi) is 7.62. The minimum Gasteiger partial charge on any atom is -0.457 e. The topological polar surface area (TPSA) is 57.0 Å². The molecule has 1 aromatic rings. The van der Waals surface area contributed by atoms with Gasteiger partial charge in [-0.05, 0) is 13.3 Å². The molecule has 0 radical (unpaired) electrons. The summed E-state index contributed by atoms with van der Waals surface area (Å²) in [6, 6.07) is 0. The lowest BCUT2D eigenvalue weighted by Crippen LogP contribution is -2.08. The number of hydrogen-bond donors (Lipinski definition) is 0. The van der Waals surface area contributed by atoms with Gasteiger partial charge in [-0.25, -0.2) is 9.48 Å². The Balaban J connectivity index is 2.38. The molecule has 112 valence electrons. The quantitative estimate of drug-likeness (QED) is 0.374. The number of nitrogens with zero attached hydrogens (tertiary/aromatic N) is 3. The molecule has 5 heteroatoms. The zero-order chi connectivity index (χ0) is 14.8. The summed E-state index contributed by atoms with van der Waals surface area (Å²) in [7, 11) is 0. The second kappa shape index (κ2) is 9.28. The van der Waals surface area contributed by atoms with Crippen molar-refractivity contribution in [2.45, 2.75) is 58.9 Å². The number of carbonyl (C=O) groups is 1. The number of esters is 1. The normalized spacial score (nSPS) is 10.5. The molecular formula is C15H25N3O2. The maximum absolute atomic E-state index is 11.7. The van der Waals surface area contributed by atoms with Crippen molar-refractivity contribution in [1.29, 1.82) is 0 Å². The van der Waals surface area contributed by atoms with Gasteiger partial charge in [-0.15, -0.1) is 5.10 Å². The minimum atomic E-state index is -0.434. The summed E-state index contributed by atoms with van der Waals surface area (Å²) < 4.78 is 6.75. The van der Waals surface area contributed by atoms with Crippen LogP contribution in [0.25, 0.3) is 0 Å². The lowest BCUT2D eigenvalue weighted by molar-refractivity contribution is 0.0542. The molecule has 0 fully saturated rings. The van der Waals surface area contributed by atoms with Crippen LogP contribution < -0.4 is 0 Å². The number of carbonyl (C=O) groups excluding carboxylic acids is 1. The number of hydrogen-bond acceptors (Lipinski definition) is 4. The second-order valence-electron chi connectivity index (χ2n) is 4.90. The molecule has 0 saturated heterocycles. The molecule has 1 aromatic heterocycles. The Labute approximate surface area is 121 Å². The number of aromatic nitrogens is 3. The molecular weight excluding hydrogens is 254 g/mol. The monoisotopic (exact) mass is 279 g/mol. The summed E-state index contributed by atoms with van der Waals surface area (Å²) in [5.41, 5.74) is 1.07. The zero-order valence-electron chi connectivity index (χ0n) is 12.6. The van der Waals surface area contributed by atoms with Crippen molar-refractivity contribution >= 4 is 5.97 Å². The number of ether oxygens (including phenoxy) is 1. The number of unbranched alkanes of at least 4 members (excludes halogenated alkanes) is 5. The van der Waals surface area contributed by atoms with E-state index in [1.165, 1.54) is 38.2 Å². The van der Waals surface area contributed by atoms with E-state index < -0.39 is 5.97 Å². The van der Waals surface area contributed by atoms with Crippen LogP contribution in [0.3, 0.4) is 0 Å². The van der Waals surface area contributed by atoms with Gasteiger partial charge in [0.2, 0.25) is 0 Å². The van der Waals surface area contributed by atoms with Crippen LogP contribution in [-0.2, 0) is 11.3 Å². The summed E-state index contributed by atoms with van der Waals surface area (Å²) >= 11 is 0. The molecule has 1 heterocycles. The van der Waals surface area contributed by atoms with Gasteiger partial charge in [-0.3, -0.25) is 0 Å². The maximum atomic E-state index is 11.7. The molecule has 1 rings (SSSR count). The SMILES string of the molecule is C=CCOC(=O)c1nnn(CCCCCCCC)c1C. The van der Waals surface area contributed by atoms with Crippen LogP contribution in [0.2, 0.25) is 0 Å². The standard InChI is InChI=1S/C15H25N3O2/c1-4-6-7-8-9-10-11-18-13(3)14(16-17-18)15(19)20-12-5-2/h5H,2,4,6-12H2,1,3H3. The molecule has 0 aromatic carbocycles. The molecule has 0 bridgehead atoms. The first kappa shape index (κ1) is 16.4. The van der Waals surface area contributed by atoms with E-state index in [1.807, 2.05) is 6.92 Å². The van der Waals surface area contributed by atoms with Crippen LogP contribution in [-0.4, -0.2) is 27.6 Å². The highest BCUT2D eigenvalue weighted by atomic mass is 16.5. The summed E-state index contributed by atoms with van der Waals surface area (Å²) in [4.78, 5) is 11.7. The molecule has 0 saturated carbocycles. The molecule has 0 unspecified atom stereocenters. The van der Waals surface area contributed by atoms with Gasteiger partial charge in [0, 0.05) is 6.54 Å². The maximum Gasteiger partial charge on any atom is 0.361 e. The Morgan fingerprint density at radius 1 is 1.30 bits per heavy atom. The van der Waals surface area contributed by atoms with Gasteiger partial charge in [0.05, 0.1) is 5.69 Å². The fraction of sp³-hybridized carbons (Fsp3) is 0.667. The third-order valence-corrected chi connectivity index (χ3v) is 3.23. The predicted octanol–water partition coefficient (Wildman–Crippen LogP) is 3.29. The van der Waals surface area contributed by atoms with Gasteiger partial charge < -0.3 is 4.74 Å². The van der Waals surface area contributed by atoms with Crippen LogP contribution in [0.4, 0.5) is 0 Å².